The first-order valence-corrected chi connectivity index (χ1v) is 10.5. The molecule has 3 aromatic rings. The minimum Gasteiger partial charge on any atom is -0.493 e. The second kappa shape index (κ2) is 8.90. The maximum Gasteiger partial charge on any atom is 0.357 e. The summed E-state index contributed by atoms with van der Waals surface area (Å²) in [5.74, 6) is -0.304. The normalized spacial score (nSPS) is 16.4. The Balaban J connectivity index is 2.02. The summed E-state index contributed by atoms with van der Waals surface area (Å²) in [7, 11) is 4.62. The van der Waals surface area contributed by atoms with Crippen LogP contribution >= 0.6 is 0 Å². The highest BCUT2D eigenvalue weighted by Gasteiger charge is 2.40. The van der Waals surface area contributed by atoms with Crippen molar-refractivity contribution >= 4 is 18.0 Å². The average molecular weight is 460 g/mol. The first kappa shape index (κ1) is 22.8. The van der Waals surface area contributed by atoms with Crippen LogP contribution in [0, 0.1) is 0 Å². The molecule has 2 aromatic carbocycles. The highest BCUT2D eigenvalue weighted by atomic mass is 16.5. The van der Waals surface area contributed by atoms with Gasteiger partial charge in [0.2, 0.25) is 5.75 Å². The predicted molar refractivity (Wildman–Crippen MR) is 126 cm³/mol. The lowest BCUT2D eigenvalue weighted by atomic mass is 9.68. The van der Waals surface area contributed by atoms with Crippen molar-refractivity contribution in [1.82, 2.24) is 9.78 Å². The van der Waals surface area contributed by atoms with E-state index in [-0.39, 0.29) is 12.1 Å². The minimum atomic E-state index is -1.21. The van der Waals surface area contributed by atoms with Crippen molar-refractivity contribution in [1.29, 1.82) is 0 Å². The Morgan fingerprint density at radius 1 is 1.06 bits per heavy atom. The van der Waals surface area contributed by atoms with E-state index in [1.165, 1.54) is 7.11 Å². The minimum absolute atomic E-state index is 0.187. The first-order valence-electron chi connectivity index (χ1n) is 10.5. The summed E-state index contributed by atoms with van der Waals surface area (Å²) in [6, 6.07) is 13.4. The molecule has 8 nitrogen and oxygen atoms in total. The van der Waals surface area contributed by atoms with E-state index in [0.29, 0.717) is 28.5 Å². The molecule has 8 heteroatoms. The number of hydrogen-bond donors (Lipinski definition) is 1. The van der Waals surface area contributed by atoms with Gasteiger partial charge >= 0.3 is 5.97 Å². The molecule has 1 N–H and O–H groups in total. The van der Waals surface area contributed by atoms with Crippen molar-refractivity contribution in [3.05, 3.63) is 89.3 Å². The SMILES string of the molecule is C=CC(=O)n1nc(C(=O)O)c2c1CC(c1ccccc1)(c1cc(OC)c(OC)c(OC)c1)C=C2. The van der Waals surface area contributed by atoms with E-state index in [0.717, 1.165) is 21.9 Å². The Bertz CT molecular complexity index is 1280. The number of nitrogens with zero attached hydrogens (tertiary/aromatic N) is 2. The number of aromatic nitrogens is 2. The van der Waals surface area contributed by atoms with Gasteiger partial charge < -0.3 is 19.3 Å². The van der Waals surface area contributed by atoms with Gasteiger partial charge in [-0.15, -0.1) is 0 Å². The molecule has 1 unspecified atom stereocenters. The Morgan fingerprint density at radius 3 is 2.24 bits per heavy atom. The number of benzene rings is 2. The van der Waals surface area contributed by atoms with E-state index in [2.05, 4.69) is 11.7 Å². The largest absolute Gasteiger partial charge is 0.493 e. The third kappa shape index (κ3) is 3.53. The summed E-state index contributed by atoms with van der Waals surface area (Å²) >= 11 is 0. The number of methoxy groups -OCH3 is 3. The molecular formula is C26H24N2O6. The maximum absolute atomic E-state index is 12.6. The molecule has 1 heterocycles. The van der Waals surface area contributed by atoms with Crippen LogP contribution < -0.4 is 14.2 Å². The lowest BCUT2D eigenvalue weighted by Crippen LogP contribution is -2.32. The molecule has 0 saturated carbocycles. The van der Waals surface area contributed by atoms with Gasteiger partial charge in [-0.2, -0.15) is 9.78 Å². The quantitative estimate of drug-likeness (QED) is 0.532. The van der Waals surface area contributed by atoms with E-state index < -0.39 is 17.3 Å². The van der Waals surface area contributed by atoms with Crippen molar-refractivity contribution in [2.24, 2.45) is 0 Å². The molecule has 34 heavy (non-hydrogen) atoms. The fourth-order valence-corrected chi connectivity index (χ4v) is 4.42. The zero-order chi connectivity index (χ0) is 24.5. The van der Waals surface area contributed by atoms with Gasteiger partial charge in [0.15, 0.2) is 17.2 Å². The van der Waals surface area contributed by atoms with E-state index >= 15 is 0 Å². The topological polar surface area (TPSA) is 99.9 Å². The number of aromatic carboxylic acids is 1. The third-order valence-corrected chi connectivity index (χ3v) is 6.06. The van der Waals surface area contributed by atoms with Gasteiger partial charge in [0.25, 0.3) is 5.91 Å². The van der Waals surface area contributed by atoms with E-state index in [9.17, 15) is 14.7 Å². The molecule has 4 rings (SSSR count). The fraction of sp³-hybridized carbons (Fsp3) is 0.192. The number of carboxylic acids is 1. The van der Waals surface area contributed by atoms with E-state index in [4.69, 9.17) is 14.2 Å². The standard InChI is InChI=1S/C26H24N2O6/c1-5-22(29)28-19-15-26(16-9-7-6-8-10-16,12-11-18(19)23(27-28)25(30)31)17-13-20(32-2)24(34-4)21(14-17)33-3/h5-14H,1,15H2,2-4H3,(H,30,31). The Morgan fingerprint density at radius 2 is 1.71 bits per heavy atom. The molecule has 0 aliphatic heterocycles. The molecule has 0 spiro atoms. The van der Waals surface area contributed by atoms with Crippen molar-refractivity contribution in [2.75, 3.05) is 21.3 Å². The molecule has 0 saturated heterocycles. The molecule has 0 radical (unpaired) electrons. The lowest BCUT2D eigenvalue weighted by Gasteiger charge is -2.35. The van der Waals surface area contributed by atoms with E-state index in [1.54, 1.807) is 20.3 Å². The van der Waals surface area contributed by atoms with Crippen LogP contribution in [0.2, 0.25) is 0 Å². The van der Waals surface area contributed by atoms with Gasteiger partial charge in [-0.3, -0.25) is 4.79 Å². The zero-order valence-corrected chi connectivity index (χ0v) is 19.1. The second-order valence-corrected chi connectivity index (χ2v) is 7.73. The van der Waals surface area contributed by atoms with Crippen LogP contribution in [0.1, 0.15) is 37.7 Å². The van der Waals surface area contributed by atoms with Crippen LogP contribution in [0.3, 0.4) is 0 Å². The van der Waals surface area contributed by atoms with Crippen LogP contribution in [0.25, 0.3) is 6.08 Å². The van der Waals surface area contributed by atoms with Gasteiger partial charge in [-0.05, 0) is 29.3 Å². The number of fused-ring (bicyclic) bond motifs is 1. The van der Waals surface area contributed by atoms with Crippen molar-refractivity contribution in [3.63, 3.8) is 0 Å². The fourth-order valence-electron chi connectivity index (χ4n) is 4.42. The molecule has 1 atom stereocenters. The smallest absolute Gasteiger partial charge is 0.357 e. The summed E-state index contributed by atoms with van der Waals surface area (Å²) in [6.45, 7) is 3.53. The van der Waals surface area contributed by atoms with Gasteiger partial charge in [0, 0.05) is 17.4 Å². The zero-order valence-electron chi connectivity index (χ0n) is 19.1. The third-order valence-electron chi connectivity index (χ3n) is 6.06. The number of hydrogen-bond acceptors (Lipinski definition) is 6. The van der Waals surface area contributed by atoms with Crippen molar-refractivity contribution < 1.29 is 28.9 Å². The Kier molecular flexibility index (Phi) is 5.98. The summed E-state index contributed by atoms with van der Waals surface area (Å²) < 4.78 is 17.8. The van der Waals surface area contributed by atoms with Crippen LogP contribution in [-0.2, 0) is 11.8 Å². The number of ether oxygens (including phenoxy) is 3. The highest BCUT2D eigenvalue weighted by molar-refractivity contribution is 5.95. The maximum atomic E-state index is 12.6. The number of allylic oxidation sites excluding steroid dienone is 2. The molecule has 1 aromatic heterocycles. The summed E-state index contributed by atoms with van der Waals surface area (Å²) in [5, 5.41) is 13.8. The molecule has 174 valence electrons. The first-order chi connectivity index (χ1) is 16.4. The molecule has 1 aliphatic carbocycles. The summed E-state index contributed by atoms with van der Waals surface area (Å²) in [4.78, 5) is 24.4. The number of carbonyl (C=O) groups excluding carboxylic acids is 1. The number of carbonyl (C=O) groups is 2. The average Bonchev–Trinajstić information content (AvgIpc) is 3.26. The predicted octanol–water partition coefficient (Wildman–Crippen LogP) is 3.99. The highest BCUT2D eigenvalue weighted by Crippen LogP contribution is 2.47. The van der Waals surface area contributed by atoms with Crippen LogP contribution in [0.4, 0.5) is 0 Å². The van der Waals surface area contributed by atoms with Crippen LogP contribution in [0.5, 0.6) is 17.2 Å². The number of rotatable bonds is 7. The molecule has 1 aliphatic rings. The van der Waals surface area contributed by atoms with Gasteiger partial charge in [0.05, 0.1) is 27.0 Å². The van der Waals surface area contributed by atoms with Crippen molar-refractivity contribution in [3.8, 4) is 17.2 Å². The molecule has 0 bridgehead atoms. The van der Waals surface area contributed by atoms with E-state index in [1.807, 2.05) is 48.5 Å². The van der Waals surface area contributed by atoms with Crippen molar-refractivity contribution in [2.45, 2.75) is 11.8 Å². The van der Waals surface area contributed by atoms with Crippen LogP contribution in [-0.4, -0.2) is 48.1 Å². The monoisotopic (exact) mass is 460 g/mol. The lowest BCUT2D eigenvalue weighted by molar-refractivity contribution is 0.0689. The Hall–Kier alpha value is -4.33. The van der Waals surface area contributed by atoms with Gasteiger partial charge in [0.1, 0.15) is 0 Å². The Labute approximate surface area is 196 Å². The van der Waals surface area contributed by atoms with Crippen LogP contribution in [0.15, 0.2) is 61.2 Å². The number of carboxylic acid groups (broad SMARTS) is 1. The summed E-state index contributed by atoms with van der Waals surface area (Å²) in [5.41, 5.74) is 1.64. The van der Waals surface area contributed by atoms with Gasteiger partial charge in [-0.1, -0.05) is 49.1 Å². The van der Waals surface area contributed by atoms with Gasteiger partial charge in [-0.25, -0.2) is 4.79 Å². The molecule has 0 amide bonds. The summed E-state index contributed by atoms with van der Waals surface area (Å²) in [6.07, 6.45) is 5.02. The molecule has 0 fully saturated rings. The second-order valence-electron chi connectivity index (χ2n) is 7.73. The molecular weight excluding hydrogens is 436 g/mol.